The van der Waals surface area contributed by atoms with Crippen molar-refractivity contribution in [2.45, 2.75) is 25.9 Å². The van der Waals surface area contributed by atoms with Crippen LogP contribution in [-0.2, 0) is 13.0 Å². The average Bonchev–Trinajstić information content (AvgIpc) is 2.53. The van der Waals surface area contributed by atoms with Crippen LogP contribution in [0.5, 0.6) is 5.75 Å². The zero-order valence-electron chi connectivity index (χ0n) is 11.6. The van der Waals surface area contributed by atoms with Crippen molar-refractivity contribution >= 4 is 21.6 Å². The third-order valence-corrected chi connectivity index (χ3v) is 4.24. The second-order valence-corrected chi connectivity index (χ2v) is 6.01. The summed E-state index contributed by atoms with van der Waals surface area (Å²) in [7, 11) is 0. The molecule has 0 saturated carbocycles. The quantitative estimate of drug-likeness (QED) is 0.655. The number of halogens is 1. The van der Waals surface area contributed by atoms with E-state index in [0.717, 1.165) is 51.9 Å². The highest BCUT2D eigenvalue weighted by Gasteiger charge is 2.19. The van der Waals surface area contributed by atoms with Gasteiger partial charge in [-0.2, -0.15) is 0 Å². The highest BCUT2D eigenvalue weighted by atomic mass is 79.9. The number of fused-ring (bicyclic) bond motifs is 1. The predicted molar refractivity (Wildman–Crippen MR) is 86.2 cm³/mol. The zero-order chi connectivity index (χ0) is 14.7. The van der Waals surface area contributed by atoms with Crippen molar-refractivity contribution in [1.82, 2.24) is 0 Å². The first-order chi connectivity index (χ1) is 10.3. The van der Waals surface area contributed by atoms with Crippen LogP contribution in [-0.4, -0.2) is 10.9 Å². The summed E-state index contributed by atoms with van der Waals surface area (Å²) in [6.07, 6.45) is 2.77. The molecule has 3 nitrogen and oxygen atoms in total. The van der Waals surface area contributed by atoms with Crippen LogP contribution < -0.4 is 4.74 Å². The molecule has 0 bridgehead atoms. The molecule has 2 aromatic rings. The Morgan fingerprint density at radius 3 is 2.67 bits per heavy atom. The fraction of sp³-hybridized carbons (Fsp3) is 0.235. The van der Waals surface area contributed by atoms with Crippen molar-refractivity contribution in [3.8, 4) is 5.75 Å². The summed E-state index contributed by atoms with van der Waals surface area (Å²) in [4.78, 5) is 0. The van der Waals surface area contributed by atoms with E-state index in [9.17, 15) is 0 Å². The van der Waals surface area contributed by atoms with Crippen LogP contribution >= 0.6 is 15.9 Å². The maximum absolute atomic E-state index is 9.11. The van der Waals surface area contributed by atoms with Gasteiger partial charge in [0.1, 0.15) is 12.4 Å². The SMILES string of the molecule is ON=C1CCCc2c(OCc3ccc(Br)cc3)cccc21. The molecule has 0 fully saturated rings. The summed E-state index contributed by atoms with van der Waals surface area (Å²) >= 11 is 3.43. The van der Waals surface area contributed by atoms with Gasteiger partial charge in [0.15, 0.2) is 0 Å². The van der Waals surface area contributed by atoms with Crippen molar-refractivity contribution in [3.63, 3.8) is 0 Å². The van der Waals surface area contributed by atoms with Gasteiger partial charge in [-0.05, 0) is 43.0 Å². The molecule has 2 aromatic carbocycles. The maximum atomic E-state index is 9.11. The zero-order valence-corrected chi connectivity index (χ0v) is 13.1. The summed E-state index contributed by atoms with van der Waals surface area (Å²) in [5, 5.41) is 12.5. The monoisotopic (exact) mass is 345 g/mol. The minimum atomic E-state index is 0.537. The van der Waals surface area contributed by atoms with Crippen molar-refractivity contribution in [3.05, 3.63) is 63.6 Å². The first kappa shape index (κ1) is 14.1. The van der Waals surface area contributed by atoms with Crippen molar-refractivity contribution in [2.75, 3.05) is 0 Å². The van der Waals surface area contributed by atoms with E-state index in [4.69, 9.17) is 9.94 Å². The topological polar surface area (TPSA) is 41.8 Å². The lowest BCUT2D eigenvalue weighted by atomic mass is 9.89. The Morgan fingerprint density at radius 1 is 1.10 bits per heavy atom. The van der Waals surface area contributed by atoms with E-state index < -0.39 is 0 Å². The molecule has 0 saturated heterocycles. The second-order valence-electron chi connectivity index (χ2n) is 5.10. The third-order valence-electron chi connectivity index (χ3n) is 3.71. The summed E-state index contributed by atoms with van der Waals surface area (Å²) in [5.74, 6) is 0.885. The fourth-order valence-corrected chi connectivity index (χ4v) is 2.91. The van der Waals surface area contributed by atoms with Gasteiger partial charge in [-0.3, -0.25) is 0 Å². The van der Waals surface area contributed by atoms with Gasteiger partial charge in [0, 0.05) is 15.6 Å². The summed E-state index contributed by atoms with van der Waals surface area (Å²) in [5.41, 5.74) is 4.04. The molecule has 0 amide bonds. The molecular formula is C17H16BrNO2. The molecule has 21 heavy (non-hydrogen) atoms. The first-order valence-corrected chi connectivity index (χ1v) is 7.77. The standard InChI is InChI=1S/C17H16BrNO2/c18-13-9-7-12(8-10-13)11-21-17-6-2-3-14-15(17)4-1-5-16(14)19-20/h2-3,6-10,20H,1,4-5,11H2. The average molecular weight is 346 g/mol. The minimum Gasteiger partial charge on any atom is -0.489 e. The van der Waals surface area contributed by atoms with Crippen LogP contribution in [0, 0.1) is 0 Å². The van der Waals surface area contributed by atoms with E-state index >= 15 is 0 Å². The van der Waals surface area contributed by atoms with E-state index in [1.54, 1.807) is 0 Å². The molecule has 4 heteroatoms. The summed E-state index contributed by atoms with van der Waals surface area (Å²) in [6.45, 7) is 0.537. The smallest absolute Gasteiger partial charge is 0.123 e. The van der Waals surface area contributed by atoms with E-state index in [1.165, 1.54) is 0 Å². The molecule has 0 unspecified atom stereocenters. The van der Waals surface area contributed by atoms with Crippen molar-refractivity contribution in [2.24, 2.45) is 5.16 Å². The lowest BCUT2D eigenvalue weighted by Crippen LogP contribution is -2.13. The number of oxime groups is 1. The van der Waals surface area contributed by atoms with Gasteiger partial charge in [0.25, 0.3) is 0 Å². The lowest BCUT2D eigenvalue weighted by Gasteiger charge is -2.20. The largest absolute Gasteiger partial charge is 0.489 e. The third kappa shape index (κ3) is 3.10. The molecule has 0 atom stereocenters. The number of rotatable bonds is 3. The van der Waals surface area contributed by atoms with Gasteiger partial charge < -0.3 is 9.94 Å². The molecule has 0 spiro atoms. The highest BCUT2D eigenvalue weighted by molar-refractivity contribution is 9.10. The highest BCUT2D eigenvalue weighted by Crippen LogP contribution is 2.30. The van der Waals surface area contributed by atoms with Crippen LogP contribution in [0.2, 0.25) is 0 Å². The molecule has 3 rings (SSSR count). The Morgan fingerprint density at radius 2 is 1.90 bits per heavy atom. The van der Waals surface area contributed by atoms with E-state index in [-0.39, 0.29) is 0 Å². The predicted octanol–water partition coefficient (Wildman–Crippen LogP) is 4.54. The number of benzene rings is 2. The van der Waals surface area contributed by atoms with Gasteiger partial charge in [-0.25, -0.2) is 0 Å². The molecule has 0 aliphatic heterocycles. The Labute approximate surface area is 132 Å². The molecule has 1 aliphatic carbocycles. The number of nitrogens with zero attached hydrogens (tertiary/aromatic N) is 1. The molecule has 0 radical (unpaired) electrons. The van der Waals surface area contributed by atoms with Crippen molar-refractivity contribution < 1.29 is 9.94 Å². The molecular weight excluding hydrogens is 330 g/mol. The van der Waals surface area contributed by atoms with Crippen LogP contribution in [0.25, 0.3) is 0 Å². The fourth-order valence-electron chi connectivity index (χ4n) is 2.64. The Hall–Kier alpha value is -1.81. The number of hydrogen-bond donors (Lipinski definition) is 1. The van der Waals surface area contributed by atoms with Crippen LogP contribution in [0.4, 0.5) is 0 Å². The molecule has 1 aliphatic rings. The van der Waals surface area contributed by atoms with Crippen molar-refractivity contribution in [1.29, 1.82) is 0 Å². The molecule has 108 valence electrons. The van der Waals surface area contributed by atoms with Gasteiger partial charge in [0.05, 0.1) is 5.71 Å². The maximum Gasteiger partial charge on any atom is 0.123 e. The molecule has 1 N–H and O–H groups in total. The van der Waals surface area contributed by atoms with Crippen LogP contribution in [0.1, 0.15) is 29.5 Å². The molecule has 0 heterocycles. The van der Waals surface area contributed by atoms with Gasteiger partial charge in [-0.15, -0.1) is 0 Å². The van der Waals surface area contributed by atoms with Gasteiger partial charge in [0.2, 0.25) is 0 Å². The first-order valence-electron chi connectivity index (χ1n) is 6.98. The van der Waals surface area contributed by atoms with E-state index in [1.807, 2.05) is 42.5 Å². The van der Waals surface area contributed by atoms with E-state index in [0.29, 0.717) is 6.61 Å². The number of ether oxygens (including phenoxy) is 1. The normalized spacial score (nSPS) is 15.8. The van der Waals surface area contributed by atoms with E-state index in [2.05, 4.69) is 21.1 Å². The lowest BCUT2D eigenvalue weighted by molar-refractivity contribution is 0.301. The second kappa shape index (κ2) is 6.31. The van der Waals surface area contributed by atoms with Crippen LogP contribution in [0.3, 0.4) is 0 Å². The Kier molecular flexibility index (Phi) is 4.25. The van der Waals surface area contributed by atoms with Crippen LogP contribution in [0.15, 0.2) is 52.1 Å². The Bertz CT molecular complexity index is 665. The summed E-state index contributed by atoms with van der Waals surface area (Å²) in [6, 6.07) is 14.0. The minimum absolute atomic E-state index is 0.537. The number of hydrogen-bond acceptors (Lipinski definition) is 3. The van der Waals surface area contributed by atoms with Gasteiger partial charge in [-0.1, -0.05) is 45.4 Å². The summed E-state index contributed by atoms with van der Waals surface area (Å²) < 4.78 is 7.03. The Balaban J connectivity index is 1.81. The molecule has 0 aromatic heterocycles. The van der Waals surface area contributed by atoms with Gasteiger partial charge >= 0.3 is 0 Å².